The van der Waals surface area contributed by atoms with Gasteiger partial charge in [0.15, 0.2) is 0 Å². The highest BCUT2D eigenvalue weighted by Gasteiger charge is 2.06. The average Bonchev–Trinajstić information content (AvgIpc) is 2.61. The molecule has 0 saturated carbocycles. The van der Waals surface area contributed by atoms with Crippen LogP contribution in [0, 0.1) is 0 Å². The quantitative estimate of drug-likeness (QED) is 0.506. The van der Waals surface area contributed by atoms with E-state index in [2.05, 4.69) is 28.7 Å². The Kier molecular flexibility index (Phi) is 5.34. The van der Waals surface area contributed by atoms with Crippen LogP contribution in [0.3, 0.4) is 0 Å². The van der Waals surface area contributed by atoms with Crippen molar-refractivity contribution in [2.24, 2.45) is 5.10 Å². The van der Waals surface area contributed by atoms with Crippen molar-refractivity contribution >= 4 is 28.6 Å². The third-order valence-corrected chi connectivity index (χ3v) is 4.11. The van der Waals surface area contributed by atoms with Gasteiger partial charge in [-0.2, -0.15) is 5.10 Å². The second-order valence-electron chi connectivity index (χ2n) is 5.32. The second-order valence-corrected chi connectivity index (χ2v) is 5.72. The maximum absolute atomic E-state index is 6.15. The summed E-state index contributed by atoms with van der Waals surface area (Å²) < 4.78 is 5.74. The number of hydrazone groups is 1. The number of nitrogens with zero attached hydrogens (tertiary/aromatic N) is 1. The number of halogens is 1. The first-order valence-corrected chi connectivity index (χ1v) is 8.31. The highest BCUT2D eigenvalue weighted by molar-refractivity contribution is 6.31. The van der Waals surface area contributed by atoms with Crippen LogP contribution in [0.5, 0.6) is 5.75 Å². The standard InChI is InChI=1S/C20H19ClN2O/c1-2-24-20-12-11-15-7-3-5-9-17(15)18(20)14-23-22-13-16-8-4-6-10-19(16)21/h3-12,14,22H,2,13H2,1H3/b23-14-. The van der Waals surface area contributed by atoms with E-state index in [1.807, 2.05) is 55.6 Å². The number of nitrogens with one attached hydrogen (secondary N) is 1. The van der Waals surface area contributed by atoms with Crippen LogP contribution in [0.25, 0.3) is 10.8 Å². The lowest BCUT2D eigenvalue weighted by molar-refractivity contribution is 0.340. The van der Waals surface area contributed by atoms with Crippen LogP contribution in [0.1, 0.15) is 18.1 Å². The summed E-state index contributed by atoms with van der Waals surface area (Å²) in [5, 5.41) is 7.37. The van der Waals surface area contributed by atoms with Crippen LogP contribution in [0.15, 0.2) is 65.8 Å². The molecule has 0 amide bonds. The zero-order valence-corrected chi connectivity index (χ0v) is 14.3. The summed E-state index contributed by atoms with van der Waals surface area (Å²) in [7, 11) is 0. The number of rotatable bonds is 6. The van der Waals surface area contributed by atoms with Crippen molar-refractivity contribution in [2.75, 3.05) is 6.61 Å². The maximum Gasteiger partial charge on any atom is 0.128 e. The van der Waals surface area contributed by atoms with Gasteiger partial charge in [0.1, 0.15) is 5.75 Å². The Balaban J connectivity index is 1.83. The first-order valence-electron chi connectivity index (χ1n) is 7.93. The molecule has 0 unspecified atom stereocenters. The van der Waals surface area contributed by atoms with Crippen molar-refractivity contribution in [3.8, 4) is 5.75 Å². The molecule has 1 N–H and O–H groups in total. The summed E-state index contributed by atoms with van der Waals surface area (Å²) in [6.45, 7) is 3.17. The fourth-order valence-corrected chi connectivity index (χ4v) is 2.78. The zero-order chi connectivity index (χ0) is 16.8. The van der Waals surface area contributed by atoms with Gasteiger partial charge >= 0.3 is 0 Å². The Morgan fingerprint density at radius 2 is 1.83 bits per heavy atom. The van der Waals surface area contributed by atoms with Crippen LogP contribution >= 0.6 is 11.6 Å². The van der Waals surface area contributed by atoms with Gasteiger partial charge in [0.05, 0.1) is 19.4 Å². The molecular weight excluding hydrogens is 320 g/mol. The normalized spacial score (nSPS) is 11.1. The molecular formula is C20H19ClN2O. The molecule has 24 heavy (non-hydrogen) atoms. The summed E-state index contributed by atoms with van der Waals surface area (Å²) in [6, 6.07) is 20.0. The van der Waals surface area contributed by atoms with Crippen LogP contribution in [-0.4, -0.2) is 12.8 Å². The van der Waals surface area contributed by atoms with Crippen LogP contribution in [0.4, 0.5) is 0 Å². The molecule has 0 atom stereocenters. The Hall–Kier alpha value is -2.52. The summed E-state index contributed by atoms with van der Waals surface area (Å²) in [5.74, 6) is 0.833. The first kappa shape index (κ1) is 16.3. The van der Waals surface area contributed by atoms with Crippen molar-refractivity contribution in [1.29, 1.82) is 0 Å². The monoisotopic (exact) mass is 338 g/mol. The maximum atomic E-state index is 6.15. The third-order valence-electron chi connectivity index (χ3n) is 3.74. The molecule has 0 spiro atoms. The Morgan fingerprint density at radius 1 is 1.04 bits per heavy atom. The number of hydrogen-bond donors (Lipinski definition) is 1. The Bertz CT molecular complexity index is 861. The zero-order valence-electron chi connectivity index (χ0n) is 13.5. The van der Waals surface area contributed by atoms with E-state index in [4.69, 9.17) is 16.3 Å². The molecule has 0 aliphatic carbocycles. The molecule has 0 bridgehead atoms. The molecule has 0 fully saturated rings. The molecule has 0 saturated heterocycles. The molecule has 3 aromatic rings. The Morgan fingerprint density at radius 3 is 2.67 bits per heavy atom. The summed E-state index contributed by atoms with van der Waals surface area (Å²) in [5.41, 5.74) is 5.04. The molecule has 0 radical (unpaired) electrons. The SMILES string of the molecule is CCOc1ccc2ccccc2c1/C=N\NCc1ccccc1Cl. The molecule has 3 nitrogen and oxygen atoms in total. The molecule has 4 heteroatoms. The highest BCUT2D eigenvalue weighted by atomic mass is 35.5. The van der Waals surface area contributed by atoms with Crippen LogP contribution < -0.4 is 10.2 Å². The number of ether oxygens (including phenoxy) is 1. The van der Waals surface area contributed by atoms with Crippen molar-refractivity contribution < 1.29 is 4.74 Å². The van der Waals surface area contributed by atoms with E-state index >= 15 is 0 Å². The number of hydrogen-bond acceptors (Lipinski definition) is 3. The molecule has 3 rings (SSSR count). The minimum Gasteiger partial charge on any atom is -0.493 e. The largest absolute Gasteiger partial charge is 0.493 e. The number of fused-ring (bicyclic) bond motifs is 1. The van der Waals surface area contributed by atoms with E-state index in [9.17, 15) is 0 Å². The minimum absolute atomic E-state index is 0.574. The van der Waals surface area contributed by atoms with Gasteiger partial charge in [-0.15, -0.1) is 0 Å². The van der Waals surface area contributed by atoms with Gasteiger partial charge in [0, 0.05) is 10.6 Å². The second kappa shape index (κ2) is 7.84. The fourth-order valence-electron chi connectivity index (χ4n) is 2.57. The van der Waals surface area contributed by atoms with E-state index in [1.165, 1.54) is 0 Å². The van der Waals surface area contributed by atoms with Crippen molar-refractivity contribution in [3.05, 3.63) is 76.8 Å². The summed E-state index contributed by atoms with van der Waals surface area (Å²) in [4.78, 5) is 0. The van der Waals surface area contributed by atoms with E-state index in [0.29, 0.717) is 13.2 Å². The molecule has 0 aromatic heterocycles. The van der Waals surface area contributed by atoms with Crippen LogP contribution in [-0.2, 0) is 6.54 Å². The van der Waals surface area contributed by atoms with Gasteiger partial charge < -0.3 is 10.2 Å². The van der Waals surface area contributed by atoms with E-state index in [0.717, 1.165) is 32.7 Å². The topological polar surface area (TPSA) is 33.6 Å². The lowest BCUT2D eigenvalue weighted by Gasteiger charge is -2.10. The van der Waals surface area contributed by atoms with E-state index < -0.39 is 0 Å². The van der Waals surface area contributed by atoms with Crippen LogP contribution in [0.2, 0.25) is 5.02 Å². The molecule has 0 aliphatic rings. The predicted molar refractivity (Wildman–Crippen MR) is 101 cm³/mol. The summed E-state index contributed by atoms with van der Waals surface area (Å²) >= 11 is 6.15. The van der Waals surface area contributed by atoms with Gasteiger partial charge in [-0.1, -0.05) is 60.1 Å². The first-order chi connectivity index (χ1) is 11.8. The minimum atomic E-state index is 0.574. The number of benzene rings is 3. The predicted octanol–water partition coefficient (Wildman–Crippen LogP) is 5.02. The van der Waals surface area contributed by atoms with E-state index in [1.54, 1.807) is 0 Å². The van der Waals surface area contributed by atoms with Gasteiger partial charge in [-0.3, -0.25) is 0 Å². The third kappa shape index (κ3) is 3.69. The fraction of sp³-hybridized carbons (Fsp3) is 0.150. The molecule has 0 aliphatic heterocycles. The lowest BCUT2D eigenvalue weighted by Crippen LogP contribution is -2.06. The van der Waals surface area contributed by atoms with Crippen molar-refractivity contribution in [3.63, 3.8) is 0 Å². The van der Waals surface area contributed by atoms with Crippen molar-refractivity contribution in [1.82, 2.24) is 5.43 Å². The van der Waals surface area contributed by atoms with Gasteiger partial charge in [0.2, 0.25) is 0 Å². The van der Waals surface area contributed by atoms with Gasteiger partial charge in [-0.25, -0.2) is 0 Å². The van der Waals surface area contributed by atoms with Gasteiger partial charge in [-0.05, 0) is 35.4 Å². The van der Waals surface area contributed by atoms with Crippen molar-refractivity contribution in [2.45, 2.75) is 13.5 Å². The highest BCUT2D eigenvalue weighted by Crippen LogP contribution is 2.26. The molecule has 0 heterocycles. The van der Waals surface area contributed by atoms with E-state index in [-0.39, 0.29) is 0 Å². The smallest absolute Gasteiger partial charge is 0.128 e. The average molecular weight is 339 g/mol. The van der Waals surface area contributed by atoms with Gasteiger partial charge in [0.25, 0.3) is 0 Å². The molecule has 122 valence electrons. The molecule has 3 aromatic carbocycles. The lowest BCUT2D eigenvalue weighted by atomic mass is 10.0. The Labute approximate surface area is 146 Å². The summed E-state index contributed by atoms with van der Waals surface area (Å²) in [6.07, 6.45) is 1.81.